The predicted molar refractivity (Wildman–Crippen MR) is 158 cm³/mol. The van der Waals surface area contributed by atoms with E-state index >= 15 is 0 Å². The number of aryl methyl sites for hydroxylation is 1. The van der Waals surface area contributed by atoms with Gasteiger partial charge in [0.2, 0.25) is 0 Å². The molecule has 3 aromatic rings. The Morgan fingerprint density at radius 2 is 1.95 bits per heavy atom. The van der Waals surface area contributed by atoms with E-state index in [2.05, 4.69) is 71.1 Å². The lowest BCUT2D eigenvalue weighted by molar-refractivity contribution is -0.145. The highest BCUT2D eigenvalue weighted by atomic mass is 127. The van der Waals surface area contributed by atoms with Gasteiger partial charge < -0.3 is 19.5 Å². The van der Waals surface area contributed by atoms with Crippen molar-refractivity contribution in [3.8, 4) is 5.75 Å². The molecule has 0 unspecified atom stereocenters. The lowest BCUT2D eigenvalue weighted by Gasteiger charge is -2.37. The number of amides is 1. The Morgan fingerprint density at radius 3 is 2.63 bits per heavy atom. The zero-order chi connectivity index (χ0) is 27.2. The summed E-state index contributed by atoms with van der Waals surface area (Å²) < 4.78 is 15.4. The van der Waals surface area contributed by atoms with E-state index < -0.39 is 13.7 Å². The van der Waals surface area contributed by atoms with Crippen molar-refractivity contribution in [3.05, 3.63) is 63.5 Å². The first kappa shape index (κ1) is 27.3. The number of carbonyl (C=O) groups excluding carboxylic acids is 1. The Hall–Kier alpha value is -2.28. The minimum absolute atomic E-state index is 0.0139. The predicted octanol–water partition coefficient (Wildman–Crippen LogP) is 3.71. The summed E-state index contributed by atoms with van der Waals surface area (Å²) in [6.07, 6.45) is 2.94. The molecule has 10 heteroatoms. The summed E-state index contributed by atoms with van der Waals surface area (Å²) in [6, 6.07) is 14.6. The van der Waals surface area contributed by atoms with Crippen molar-refractivity contribution in [1.29, 1.82) is 0 Å². The summed E-state index contributed by atoms with van der Waals surface area (Å²) in [7, 11) is 1.37. The molecular weight excluding hydrogens is 611 g/mol. The van der Waals surface area contributed by atoms with Gasteiger partial charge in [0.1, 0.15) is 5.75 Å². The van der Waals surface area contributed by atoms with E-state index in [1.165, 1.54) is 5.19 Å². The minimum atomic E-state index is -2.17. The van der Waals surface area contributed by atoms with Crippen molar-refractivity contribution in [1.82, 2.24) is 15.0 Å². The monoisotopic (exact) mass is 646 g/mol. The molecule has 1 aromatic heterocycles. The van der Waals surface area contributed by atoms with Crippen LogP contribution in [0.2, 0.25) is 18.6 Å². The van der Waals surface area contributed by atoms with Gasteiger partial charge in [-0.15, -0.1) is 5.10 Å². The van der Waals surface area contributed by atoms with Gasteiger partial charge in [-0.25, -0.2) is 0 Å². The Kier molecular flexibility index (Phi) is 7.44. The molecule has 1 fully saturated rings. The van der Waals surface area contributed by atoms with E-state index in [1.54, 1.807) is 12.0 Å². The molecule has 0 radical (unpaired) electrons. The van der Waals surface area contributed by atoms with Crippen LogP contribution < -0.4 is 14.8 Å². The summed E-state index contributed by atoms with van der Waals surface area (Å²) >= 11 is 2.32. The first-order valence-corrected chi connectivity index (χ1v) is 17.2. The zero-order valence-corrected chi connectivity index (χ0v) is 25.7. The third-order valence-electron chi connectivity index (χ3n) is 8.52. The number of rotatable bonds is 8. The van der Waals surface area contributed by atoms with Gasteiger partial charge in [0.25, 0.3) is 5.91 Å². The van der Waals surface area contributed by atoms with Gasteiger partial charge in [-0.3, -0.25) is 9.48 Å². The highest BCUT2D eigenvalue weighted by molar-refractivity contribution is 14.1. The first-order valence-electron chi connectivity index (χ1n) is 13.0. The van der Waals surface area contributed by atoms with E-state index in [-0.39, 0.29) is 30.1 Å². The Balaban J connectivity index is 1.55. The third kappa shape index (κ3) is 4.39. The number of aliphatic hydroxyl groups is 1. The maximum absolute atomic E-state index is 14.0. The number of hydrogen-bond donors (Lipinski definition) is 1. The van der Waals surface area contributed by atoms with Crippen molar-refractivity contribution in [2.24, 2.45) is 5.92 Å². The lowest BCUT2D eigenvalue weighted by Crippen LogP contribution is -2.51. The van der Waals surface area contributed by atoms with Crippen LogP contribution in [0.4, 0.5) is 5.69 Å². The lowest BCUT2D eigenvalue weighted by atomic mass is 9.82. The largest absolute Gasteiger partial charge is 0.497 e. The Morgan fingerprint density at radius 1 is 1.21 bits per heavy atom. The molecule has 4 atom stereocenters. The van der Waals surface area contributed by atoms with Crippen molar-refractivity contribution >= 4 is 47.4 Å². The van der Waals surface area contributed by atoms with Crippen LogP contribution in [-0.4, -0.2) is 60.9 Å². The van der Waals surface area contributed by atoms with Crippen LogP contribution >= 0.6 is 22.6 Å². The van der Waals surface area contributed by atoms with Gasteiger partial charge in [0, 0.05) is 47.9 Å². The number of ether oxygens (including phenoxy) is 2. The molecule has 38 heavy (non-hydrogen) atoms. The second-order valence-corrected chi connectivity index (χ2v) is 16.9. The number of anilines is 1. The number of nitrogens with zero attached hydrogens (tertiary/aromatic N) is 4. The van der Waals surface area contributed by atoms with E-state index in [0.717, 1.165) is 26.3 Å². The van der Waals surface area contributed by atoms with Gasteiger partial charge in [0.15, 0.2) is 5.60 Å². The van der Waals surface area contributed by atoms with E-state index in [4.69, 9.17) is 9.47 Å². The number of benzene rings is 2. The number of fused-ring (bicyclic) bond motifs is 2. The molecule has 1 N–H and O–H groups in total. The first-order chi connectivity index (χ1) is 18.1. The highest BCUT2D eigenvalue weighted by Gasteiger charge is 2.65. The fourth-order valence-electron chi connectivity index (χ4n) is 6.60. The highest BCUT2D eigenvalue weighted by Crippen LogP contribution is 2.59. The zero-order valence-electron chi connectivity index (χ0n) is 22.5. The summed E-state index contributed by atoms with van der Waals surface area (Å²) in [4.78, 5) is 15.8. The molecule has 202 valence electrons. The molecule has 1 amide bonds. The molecule has 2 aliphatic heterocycles. The number of aliphatic hydroxyl groups excluding tert-OH is 1. The van der Waals surface area contributed by atoms with Crippen molar-refractivity contribution in [2.75, 3.05) is 25.7 Å². The summed E-state index contributed by atoms with van der Waals surface area (Å²) in [6.45, 7) is 7.65. The maximum Gasteiger partial charge on any atom is 0.264 e. The van der Waals surface area contributed by atoms with Crippen molar-refractivity contribution in [3.63, 3.8) is 0 Å². The normalized spacial score (nSPS) is 24.9. The van der Waals surface area contributed by atoms with Crippen LogP contribution in [0.1, 0.15) is 24.6 Å². The van der Waals surface area contributed by atoms with E-state index in [1.807, 2.05) is 42.2 Å². The maximum atomic E-state index is 14.0. The number of aromatic nitrogens is 3. The molecule has 2 aliphatic rings. The summed E-state index contributed by atoms with van der Waals surface area (Å²) in [5.41, 5.74) is 1.84. The smallest absolute Gasteiger partial charge is 0.264 e. The number of carbonyl (C=O) groups is 1. The average molecular weight is 647 g/mol. The molecule has 0 aliphatic carbocycles. The molecule has 3 heterocycles. The van der Waals surface area contributed by atoms with Gasteiger partial charge >= 0.3 is 0 Å². The SMILES string of the molecule is COc1ccc([Si](C)(C)[C@@H]2[C@@H](CCn3cc(CCO)nn3)O[C@]3(C(=O)N(C)c4ccc(I)cc43)[C@H]2C)cc1. The average Bonchev–Trinajstić information content (AvgIpc) is 3.54. The fourth-order valence-corrected chi connectivity index (χ4v) is 11.1. The van der Waals surface area contributed by atoms with Crippen LogP contribution in [0, 0.1) is 9.49 Å². The van der Waals surface area contributed by atoms with Crippen LogP contribution in [0.5, 0.6) is 5.75 Å². The summed E-state index contributed by atoms with van der Waals surface area (Å²) in [5.74, 6) is 0.828. The number of methoxy groups -OCH3 is 1. The van der Waals surface area contributed by atoms with Crippen LogP contribution in [-0.2, 0) is 28.1 Å². The standard InChI is InChI=1S/C28H35IN4O4Si/c1-18-26(38(4,5)22-9-7-21(36-3)8-10-22)25(12-14-33-17-20(13-15-34)30-31-33)37-28(18)23-16-19(29)6-11-24(23)32(2)27(28)35/h6-11,16-18,25-26,34H,12-15H2,1-5H3/t18-,25+,26-,28+/m0/s1. The molecule has 2 aromatic carbocycles. The molecule has 0 bridgehead atoms. The van der Waals surface area contributed by atoms with Gasteiger partial charge in [-0.2, -0.15) is 0 Å². The molecular formula is C28H35IN4O4Si. The Bertz CT molecular complexity index is 1330. The van der Waals surface area contributed by atoms with Gasteiger partial charge in [-0.05, 0) is 64.9 Å². The fraction of sp³-hybridized carbons (Fsp3) is 0.464. The minimum Gasteiger partial charge on any atom is -0.497 e. The Labute approximate surface area is 238 Å². The van der Waals surface area contributed by atoms with E-state index in [0.29, 0.717) is 19.4 Å². The van der Waals surface area contributed by atoms with Crippen LogP contribution in [0.3, 0.4) is 0 Å². The number of halogens is 1. The number of likely N-dealkylation sites (N-methyl/N-ethyl adjacent to an activating group) is 1. The van der Waals surface area contributed by atoms with Gasteiger partial charge in [0.05, 0.1) is 32.7 Å². The summed E-state index contributed by atoms with van der Waals surface area (Å²) in [5, 5.41) is 19.0. The molecule has 8 nitrogen and oxygen atoms in total. The van der Waals surface area contributed by atoms with Crippen molar-refractivity contribution in [2.45, 2.75) is 56.7 Å². The van der Waals surface area contributed by atoms with Crippen LogP contribution in [0.15, 0.2) is 48.7 Å². The molecule has 1 spiro atoms. The molecule has 1 saturated heterocycles. The van der Waals surface area contributed by atoms with E-state index in [9.17, 15) is 9.90 Å². The molecule has 0 saturated carbocycles. The van der Waals surface area contributed by atoms with Gasteiger partial charge in [-0.1, -0.05) is 42.6 Å². The third-order valence-corrected chi connectivity index (χ3v) is 13.6. The second-order valence-electron chi connectivity index (χ2n) is 10.9. The second kappa shape index (κ2) is 10.4. The topological polar surface area (TPSA) is 89.7 Å². The van der Waals surface area contributed by atoms with Crippen molar-refractivity contribution < 1.29 is 19.4 Å². The molecule has 5 rings (SSSR count). The number of hydrogen-bond acceptors (Lipinski definition) is 6. The van der Waals surface area contributed by atoms with Crippen LogP contribution in [0.25, 0.3) is 0 Å². The quantitative estimate of drug-likeness (QED) is 0.297.